The molecule has 0 spiro atoms. The summed E-state index contributed by atoms with van der Waals surface area (Å²) in [4.78, 5) is 11.0. The van der Waals surface area contributed by atoms with Gasteiger partial charge in [0.1, 0.15) is 0 Å². The van der Waals surface area contributed by atoms with E-state index in [9.17, 15) is 4.79 Å². The molecule has 0 unspecified atom stereocenters. The van der Waals surface area contributed by atoms with Gasteiger partial charge in [-0.1, -0.05) is 40.2 Å². The summed E-state index contributed by atoms with van der Waals surface area (Å²) in [6.45, 7) is 0. The molecule has 0 atom stereocenters. The van der Waals surface area contributed by atoms with Crippen molar-refractivity contribution in [1.29, 1.82) is 0 Å². The summed E-state index contributed by atoms with van der Waals surface area (Å²) in [7, 11) is 0. The third-order valence-electron chi connectivity index (χ3n) is 2.47. The lowest BCUT2D eigenvalue weighted by atomic mass is 10.0. The van der Waals surface area contributed by atoms with Gasteiger partial charge in [-0.05, 0) is 29.3 Å². The number of nitrogens with two attached hydrogens (primary N) is 1. The molecule has 86 valence electrons. The number of carboxylic acids is 1. The van der Waals surface area contributed by atoms with Crippen molar-refractivity contribution in [2.24, 2.45) is 0 Å². The fraction of sp³-hybridized carbons (Fsp3) is 0. The van der Waals surface area contributed by atoms with Crippen LogP contribution in [-0.4, -0.2) is 11.1 Å². The van der Waals surface area contributed by atoms with Gasteiger partial charge in [-0.3, -0.25) is 0 Å². The SMILES string of the molecule is Nc1ccc(-c2ccccc2Br)cc1C(=O)O. The van der Waals surface area contributed by atoms with Crippen molar-refractivity contribution >= 4 is 27.6 Å². The summed E-state index contributed by atoms with van der Waals surface area (Å²) in [6, 6.07) is 12.6. The Kier molecular flexibility index (Phi) is 3.15. The van der Waals surface area contributed by atoms with Crippen molar-refractivity contribution in [2.45, 2.75) is 0 Å². The molecule has 0 aliphatic rings. The summed E-state index contributed by atoms with van der Waals surface area (Å²) < 4.78 is 0.918. The molecule has 0 radical (unpaired) electrons. The Labute approximate surface area is 107 Å². The van der Waals surface area contributed by atoms with Gasteiger partial charge >= 0.3 is 5.97 Å². The predicted molar refractivity (Wildman–Crippen MR) is 70.9 cm³/mol. The van der Waals surface area contributed by atoms with Gasteiger partial charge in [0, 0.05) is 10.2 Å². The first-order valence-electron chi connectivity index (χ1n) is 4.97. The monoisotopic (exact) mass is 291 g/mol. The number of anilines is 1. The maximum Gasteiger partial charge on any atom is 0.337 e. The number of aromatic carboxylic acids is 1. The van der Waals surface area contributed by atoms with Gasteiger partial charge in [0.15, 0.2) is 0 Å². The second kappa shape index (κ2) is 4.59. The third kappa shape index (κ3) is 2.31. The minimum atomic E-state index is -1.02. The molecule has 0 heterocycles. The van der Waals surface area contributed by atoms with E-state index in [4.69, 9.17) is 10.8 Å². The Hall–Kier alpha value is -1.81. The minimum absolute atomic E-state index is 0.123. The van der Waals surface area contributed by atoms with Crippen LogP contribution < -0.4 is 5.73 Å². The molecule has 0 saturated carbocycles. The summed E-state index contributed by atoms with van der Waals surface area (Å²) in [5.74, 6) is -1.02. The zero-order valence-electron chi connectivity index (χ0n) is 8.85. The van der Waals surface area contributed by atoms with Crippen LogP contribution in [0.5, 0.6) is 0 Å². The van der Waals surface area contributed by atoms with Crippen LogP contribution in [0.3, 0.4) is 0 Å². The van der Waals surface area contributed by atoms with Crippen molar-refractivity contribution in [1.82, 2.24) is 0 Å². The molecule has 3 nitrogen and oxygen atoms in total. The second-order valence-electron chi connectivity index (χ2n) is 3.59. The average Bonchev–Trinajstić information content (AvgIpc) is 2.30. The van der Waals surface area contributed by atoms with Crippen LogP contribution in [0.1, 0.15) is 10.4 Å². The zero-order chi connectivity index (χ0) is 12.4. The molecule has 17 heavy (non-hydrogen) atoms. The Morgan fingerprint density at radius 3 is 2.53 bits per heavy atom. The first-order chi connectivity index (χ1) is 8.09. The van der Waals surface area contributed by atoms with Crippen LogP contribution in [0.4, 0.5) is 5.69 Å². The number of rotatable bonds is 2. The summed E-state index contributed by atoms with van der Waals surface area (Å²) in [6.07, 6.45) is 0. The van der Waals surface area contributed by atoms with E-state index in [1.807, 2.05) is 30.3 Å². The third-order valence-corrected chi connectivity index (χ3v) is 3.16. The smallest absolute Gasteiger partial charge is 0.337 e. The maximum atomic E-state index is 11.0. The fourth-order valence-electron chi connectivity index (χ4n) is 1.60. The number of benzene rings is 2. The van der Waals surface area contributed by atoms with E-state index < -0.39 is 5.97 Å². The topological polar surface area (TPSA) is 63.3 Å². The Balaban J connectivity index is 2.58. The Bertz CT molecular complexity index is 581. The molecule has 0 bridgehead atoms. The number of carboxylic acid groups (broad SMARTS) is 1. The standard InChI is InChI=1S/C13H10BrNO2/c14-11-4-2-1-3-9(11)8-5-6-12(15)10(7-8)13(16)17/h1-7H,15H2,(H,16,17). The van der Waals surface area contributed by atoms with E-state index in [1.165, 1.54) is 0 Å². The van der Waals surface area contributed by atoms with Crippen molar-refractivity contribution in [3.8, 4) is 11.1 Å². The fourth-order valence-corrected chi connectivity index (χ4v) is 2.12. The zero-order valence-corrected chi connectivity index (χ0v) is 10.4. The summed E-state index contributed by atoms with van der Waals surface area (Å²) in [5.41, 5.74) is 7.77. The molecule has 2 aromatic carbocycles. The molecule has 0 fully saturated rings. The number of nitrogen functional groups attached to an aromatic ring is 1. The first kappa shape index (κ1) is 11.7. The molecule has 0 amide bonds. The normalized spacial score (nSPS) is 10.2. The molecule has 0 aromatic heterocycles. The van der Waals surface area contributed by atoms with E-state index in [1.54, 1.807) is 12.1 Å². The van der Waals surface area contributed by atoms with Gasteiger partial charge < -0.3 is 10.8 Å². The number of hydrogen-bond donors (Lipinski definition) is 2. The van der Waals surface area contributed by atoms with Gasteiger partial charge in [0.2, 0.25) is 0 Å². The summed E-state index contributed by atoms with van der Waals surface area (Å²) >= 11 is 3.43. The molecule has 3 N–H and O–H groups in total. The highest BCUT2D eigenvalue weighted by Gasteiger charge is 2.10. The molecule has 0 aliphatic heterocycles. The van der Waals surface area contributed by atoms with E-state index in [0.717, 1.165) is 15.6 Å². The maximum absolute atomic E-state index is 11.0. The quantitative estimate of drug-likeness (QED) is 0.834. The molecule has 4 heteroatoms. The minimum Gasteiger partial charge on any atom is -0.478 e. The second-order valence-corrected chi connectivity index (χ2v) is 4.44. The van der Waals surface area contributed by atoms with Gasteiger partial charge in [-0.25, -0.2) is 4.79 Å². The van der Waals surface area contributed by atoms with Crippen LogP contribution in [0.15, 0.2) is 46.9 Å². The predicted octanol–water partition coefficient (Wildman–Crippen LogP) is 3.40. The average molecular weight is 292 g/mol. The van der Waals surface area contributed by atoms with Gasteiger partial charge in [-0.15, -0.1) is 0 Å². The highest BCUT2D eigenvalue weighted by Crippen LogP contribution is 2.29. The number of carbonyl (C=O) groups is 1. The molecule has 0 aliphatic carbocycles. The Morgan fingerprint density at radius 1 is 1.18 bits per heavy atom. The molecular formula is C13H10BrNO2. The van der Waals surface area contributed by atoms with Crippen LogP contribution in [0, 0.1) is 0 Å². The largest absolute Gasteiger partial charge is 0.478 e. The van der Waals surface area contributed by atoms with Crippen molar-refractivity contribution in [3.63, 3.8) is 0 Å². The van der Waals surface area contributed by atoms with Crippen molar-refractivity contribution in [2.75, 3.05) is 5.73 Å². The number of hydrogen-bond acceptors (Lipinski definition) is 2. The van der Waals surface area contributed by atoms with Crippen molar-refractivity contribution < 1.29 is 9.90 Å². The van der Waals surface area contributed by atoms with Crippen LogP contribution in [0.2, 0.25) is 0 Å². The lowest BCUT2D eigenvalue weighted by molar-refractivity contribution is 0.0698. The van der Waals surface area contributed by atoms with E-state index in [0.29, 0.717) is 0 Å². The molecule has 2 aromatic rings. The van der Waals surface area contributed by atoms with Crippen LogP contribution in [-0.2, 0) is 0 Å². The summed E-state index contributed by atoms with van der Waals surface area (Å²) in [5, 5.41) is 9.01. The van der Waals surface area contributed by atoms with E-state index in [-0.39, 0.29) is 11.3 Å². The van der Waals surface area contributed by atoms with Crippen LogP contribution >= 0.6 is 15.9 Å². The molecule has 0 saturated heterocycles. The molecule has 2 rings (SSSR count). The lowest BCUT2D eigenvalue weighted by Gasteiger charge is -2.07. The van der Waals surface area contributed by atoms with E-state index >= 15 is 0 Å². The van der Waals surface area contributed by atoms with Gasteiger partial charge in [-0.2, -0.15) is 0 Å². The Morgan fingerprint density at radius 2 is 1.88 bits per heavy atom. The highest BCUT2D eigenvalue weighted by atomic mass is 79.9. The van der Waals surface area contributed by atoms with Crippen molar-refractivity contribution in [3.05, 3.63) is 52.5 Å². The highest BCUT2D eigenvalue weighted by molar-refractivity contribution is 9.10. The van der Waals surface area contributed by atoms with Gasteiger partial charge in [0.25, 0.3) is 0 Å². The number of halogens is 1. The lowest BCUT2D eigenvalue weighted by Crippen LogP contribution is -2.02. The molecular weight excluding hydrogens is 282 g/mol. The van der Waals surface area contributed by atoms with Crippen LogP contribution in [0.25, 0.3) is 11.1 Å². The first-order valence-corrected chi connectivity index (χ1v) is 5.76. The van der Waals surface area contributed by atoms with E-state index in [2.05, 4.69) is 15.9 Å². The van der Waals surface area contributed by atoms with Gasteiger partial charge in [0.05, 0.1) is 5.56 Å².